The second kappa shape index (κ2) is 11.2. The zero-order valence-electron chi connectivity index (χ0n) is 18.9. The first kappa shape index (κ1) is 25.3. The fourth-order valence-electron chi connectivity index (χ4n) is 3.06. The molecule has 0 fully saturated rings. The van der Waals surface area contributed by atoms with Gasteiger partial charge in [-0.2, -0.15) is 5.10 Å². The zero-order valence-corrected chi connectivity index (χ0v) is 21.3. The fraction of sp³-hybridized carbons (Fsp3) is 0.167. The van der Waals surface area contributed by atoms with Gasteiger partial charge in [-0.15, -0.1) is 0 Å². The number of hydrogen-bond donors (Lipinski definition) is 1. The minimum atomic E-state index is -4.08. The van der Waals surface area contributed by atoms with E-state index in [1.165, 1.54) is 38.6 Å². The summed E-state index contributed by atoms with van der Waals surface area (Å²) in [4.78, 5) is 12.8. The first-order chi connectivity index (χ1) is 16.2. The number of ether oxygens (including phenoxy) is 2. The summed E-state index contributed by atoms with van der Waals surface area (Å²) in [6.45, 7) is 1.36. The van der Waals surface area contributed by atoms with E-state index in [4.69, 9.17) is 9.47 Å². The maximum absolute atomic E-state index is 13.5. The number of benzene rings is 3. The third kappa shape index (κ3) is 6.15. The van der Waals surface area contributed by atoms with E-state index in [1.807, 2.05) is 31.2 Å². The molecule has 0 bridgehead atoms. The average molecular weight is 546 g/mol. The van der Waals surface area contributed by atoms with Crippen LogP contribution in [-0.4, -0.2) is 41.3 Å². The number of carbonyl (C=O) groups is 1. The molecule has 0 saturated carbocycles. The SMILES string of the molecule is COc1ccc(N(CC(=O)N/N=C\c2cccc(Br)c2)S(=O)(=O)c2ccc(C)cc2)cc1OC. The van der Waals surface area contributed by atoms with E-state index < -0.39 is 22.5 Å². The Labute approximate surface area is 207 Å². The van der Waals surface area contributed by atoms with Crippen LogP contribution in [0.2, 0.25) is 0 Å². The van der Waals surface area contributed by atoms with Crippen molar-refractivity contribution in [2.75, 3.05) is 25.1 Å². The average Bonchev–Trinajstić information content (AvgIpc) is 2.82. The van der Waals surface area contributed by atoms with Crippen molar-refractivity contribution in [3.8, 4) is 11.5 Å². The minimum Gasteiger partial charge on any atom is -0.493 e. The van der Waals surface area contributed by atoms with E-state index in [1.54, 1.807) is 24.3 Å². The van der Waals surface area contributed by atoms with E-state index in [9.17, 15) is 13.2 Å². The van der Waals surface area contributed by atoms with Gasteiger partial charge in [0, 0.05) is 10.5 Å². The first-order valence-electron chi connectivity index (χ1n) is 10.1. The largest absolute Gasteiger partial charge is 0.493 e. The van der Waals surface area contributed by atoms with Crippen LogP contribution >= 0.6 is 15.9 Å². The maximum Gasteiger partial charge on any atom is 0.264 e. The number of carbonyl (C=O) groups excluding carboxylic acids is 1. The second-order valence-electron chi connectivity index (χ2n) is 7.21. The number of amides is 1. The number of hydrogen-bond acceptors (Lipinski definition) is 6. The second-order valence-corrected chi connectivity index (χ2v) is 9.99. The van der Waals surface area contributed by atoms with Crippen LogP contribution in [0.15, 0.2) is 81.2 Å². The summed E-state index contributed by atoms with van der Waals surface area (Å²) in [5, 5.41) is 3.95. The van der Waals surface area contributed by atoms with Crippen LogP contribution in [0.4, 0.5) is 5.69 Å². The molecular weight excluding hydrogens is 522 g/mol. The van der Waals surface area contributed by atoms with Crippen molar-refractivity contribution >= 4 is 43.8 Å². The Balaban J connectivity index is 1.91. The molecule has 3 aromatic carbocycles. The molecular formula is C24H24BrN3O5S. The number of sulfonamides is 1. The van der Waals surface area contributed by atoms with Crippen LogP contribution in [0.25, 0.3) is 0 Å². The Hall–Kier alpha value is -3.37. The van der Waals surface area contributed by atoms with E-state index in [-0.39, 0.29) is 10.6 Å². The quantitative estimate of drug-likeness (QED) is 0.322. The molecule has 1 N–H and O–H groups in total. The summed E-state index contributed by atoms with van der Waals surface area (Å²) in [5.74, 6) is 0.149. The molecule has 0 aliphatic rings. The van der Waals surface area contributed by atoms with Crippen molar-refractivity contribution in [1.82, 2.24) is 5.43 Å². The van der Waals surface area contributed by atoms with Crippen molar-refractivity contribution in [3.05, 3.63) is 82.3 Å². The molecule has 0 radical (unpaired) electrons. The lowest BCUT2D eigenvalue weighted by molar-refractivity contribution is -0.119. The summed E-state index contributed by atoms with van der Waals surface area (Å²) in [7, 11) is -1.15. The number of halogens is 1. The summed E-state index contributed by atoms with van der Waals surface area (Å²) in [6, 6.07) is 18.4. The minimum absolute atomic E-state index is 0.0540. The van der Waals surface area contributed by atoms with Crippen LogP contribution in [0.1, 0.15) is 11.1 Å². The molecule has 3 rings (SSSR count). The molecule has 0 aromatic heterocycles. The van der Waals surface area contributed by atoms with Crippen molar-refractivity contribution in [3.63, 3.8) is 0 Å². The molecule has 178 valence electrons. The first-order valence-corrected chi connectivity index (χ1v) is 12.4. The van der Waals surface area contributed by atoms with Crippen molar-refractivity contribution in [1.29, 1.82) is 0 Å². The molecule has 0 spiro atoms. The molecule has 34 heavy (non-hydrogen) atoms. The highest BCUT2D eigenvalue weighted by Gasteiger charge is 2.28. The Bertz CT molecular complexity index is 1290. The van der Waals surface area contributed by atoms with Gasteiger partial charge in [0.1, 0.15) is 6.54 Å². The molecule has 0 heterocycles. The predicted octanol–water partition coefficient (Wildman–Crippen LogP) is 4.12. The van der Waals surface area contributed by atoms with Crippen LogP contribution < -0.4 is 19.2 Å². The lowest BCUT2D eigenvalue weighted by atomic mass is 10.2. The summed E-state index contributed by atoms with van der Waals surface area (Å²) in [5.41, 5.74) is 4.30. The molecule has 8 nitrogen and oxygen atoms in total. The van der Waals surface area contributed by atoms with Gasteiger partial charge in [0.25, 0.3) is 15.9 Å². The Morgan fingerprint density at radius 2 is 1.74 bits per heavy atom. The van der Waals surface area contributed by atoms with E-state index in [2.05, 4.69) is 26.5 Å². The van der Waals surface area contributed by atoms with Crippen LogP contribution in [0.5, 0.6) is 11.5 Å². The van der Waals surface area contributed by atoms with Crippen LogP contribution in [-0.2, 0) is 14.8 Å². The smallest absolute Gasteiger partial charge is 0.264 e. The number of nitrogens with zero attached hydrogens (tertiary/aromatic N) is 2. The lowest BCUT2D eigenvalue weighted by Crippen LogP contribution is -2.39. The van der Waals surface area contributed by atoms with Crippen molar-refractivity contribution in [2.24, 2.45) is 5.10 Å². The molecule has 10 heteroatoms. The number of methoxy groups -OCH3 is 2. The van der Waals surface area contributed by atoms with Gasteiger partial charge in [-0.3, -0.25) is 9.10 Å². The van der Waals surface area contributed by atoms with Gasteiger partial charge in [-0.25, -0.2) is 13.8 Å². The van der Waals surface area contributed by atoms with Gasteiger partial charge in [0.15, 0.2) is 11.5 Å². The third-order valence-corrected chi connectivity index (χ3v) is 7.08. The van der Waals surface area contributed by atoms with Crippen LogP contribution in [0.3, 0.4) is 0 Å². The normalized spacial score (nSPS) is 11.3. The van der Waals surface area contributed by atoms with Gasteiger partial charge in [-0.1, -0.05) is 45.8 Å². The zero-order chi connectivity index (χ0) is 24.7. The topological polar surface area (TPSA) is 97.3 Å². The van der Waals surface area contributed by atoms with Gasteiger partial charge >= 0.3 is 0 Å². The monoisotopic (exact) mass is 545 g/mol. The number of aryl methyl sites for hydroxylation is 1. The summed E-state index contributed by atoms with van der Waals surface area (Å²) in [6.07, 6.45) is 1.47. The highest BCUT2D eigenvalue weighted by molar-refractivity contribution is 9.10. The Morgan fingerprint density at radius 3 is 2.38 bits per heavy atom. The van der Waals surface area contributed by atoms with Gasteiger partial charge in [0.2, 0.25) is 0 Å². The summed E-state index contributed by atoms with van der Waals surface area (Å²) < 4.78 is 39.4. The van der Waals surface area contributed by atoms with Crippen LogP contribution in [0, 0.1) is 6.92 Å². The lowest BCUT2D eigenvalue weighted by Gasteiger charge is -2.24. The molecule has 0 unspecified atom stereocenters. The standard InChI is InChI=1S/C24H24BrN3O5S/c1-17-7-10-21(11-8-17)34(30,31)28(20-9-12-22(32-2)23(14-20)33-3)16-24(29)27-26-15-18-5-4-6-19(25)13-18/h4-15H,16H2,1-3H3,(H,27,29)/b26-15-. The molecule has 1 amide bonds. The molecule has 0 aliphatic carbocycles. The highest BCUT2D eigenvalue weighted by atomic mass is 79.9. The van der Waals surface area contributed by atoms with E-state index >= 15 is 0 Å². The van der Waals surface area contributed by atoms with E-state index in [0.717, 1.165) is 19.9 Å². The summed E-state index contributed by atoms with van der Waals surface area (Å²) >= 11 is 3.37. The van der Waals surface area contributed by atoms with Crippen molar-refractivity contribution < 1.29 is 22.7 Å². The number of nitrogens with one attached hydrogen (secondary N) is 1. The number of hydrazone groups is 1. The van der Waals surface area contributed by atoms with Gasteiger partial charge in [0.05, 0.1) is 31.0 Å². The Kier molecular flexibility index (Phi) is 8.30. The predicted molar refractivity (Wildman–Crippen MR) is 135 cm³/mol. The maximum atomic E-state index is 13.5. The molecule has 3 aromatic rings. The molecule has 0 aliphatic heterocycles. The molecule has 0 saturated heterocycles. The molecule has 0 atom stereocenters. The number of anilines is 1. The third-order valence-electron chi connectivity index (χ3n) is 4.80. The van der Waals surface area contributed by atoms with Crippen molar-refractivity contribution in [2.45, 2.75) is 11.8 Å². The number of rotatable bonds is 9. The Morgan fingerprint density at radius 1 is 1.03 bits per heavy atom. The van der Waals surface area contributed by atoms with E-state index in [0.29, 0.717) is 11.5 Å². The van der Waals surface area contributed by atoms with Gasteiger partial charge in [-0.05, 0) is 48.9 Å². The highest BCUT2D eigenvalue weighted by Crippen LogP contribution is 2.33. The fourth-order valence-corrected chi connectivity index (χ4v) is 4.89. The van der Waals surface area contributed by atoms with Gasteiger partial charge < -0.3 is 9.47 Å².